The highest BCUT2D eigenvalue weighted by Crippen LogP contribution is 2.31. The Morgan fingerprint density at radius 1 is 0.971 bits per heavy atom. The van der Waals surface area contributed by atoms with Crippen molar-refractivity contribution in [3.05, 3.63) is 82.3 Å². The van der Waals surface area contributed by atoms with Gasteiger partial charge in [0.1, 0.15) is 19.8 Å². The Labute approximate surface area is 213 Å². The number of hydrazone groups is 1. The maximum atomic E-state index is 13.4. The summed E-state index contributed by atoms with van der Waals surface area (Å²) in [6.07, 6.45) is 0. The Balaban J connectivity index is 1.58. The van der Waals surface area contributed by atoms with E-state index in [1.807, 2.05) is 0 Å². The van der Waals surface area contributed by atoms with Gasteiger partial charge in [0.05, 0.1) is 16.3 Å². The van der Waals surface area contributed by atoms with Gasteiger partial charge >= 0.3 is 0 Å². The number of fused-ring (bicyclic) bond motifs is 1. The van der Waals surface area contributed by atoms with Crippen LogP contribution < -0.4 is 19.2 Å². The number of halogens is 2. The topological polar surface area (TPSA) is 97.3 Å². The number of ether oxygens (including phenoxy) is 2. The van der Waals surface area contributed by atoms with Crippen molar-refractivity contribution in [3.63, 3.8) is 0 Å². The molecule has 4 rings (SSSR count). The van der Waals surface area contributed by atoms with E-state index in [-0.39, 0.29) is 20.6 Å². The third kappa shape index (κ3) is 5.87. The van der Waals surface area contributed by atoms with Crippen LogP contribution in [0.25, 0.3) is 0 Å². The average Bonchev–Trinajstić information content (AvgIpc) is 2.85. The van der Waals surface area contributed by atoms with Crippen LogP contribution >= 0.6 is 23.2 Å². The molecule has 0 saturated heterocycles. The van der Waals surface area contributed by atoms with E-state index in [2.05, 4.69) is 10.5 Å². The standard InChI is InChI=1S/C24H21Cl2N3O5S/c1-16(17-7-8-22-23(11-17)34-10-9-33-22)27-28-24(30)15-29(20-13-18(25)12-19(26)14-20)35(31,32)21-5-3-2-4-6-21/h2-8,11-14H,9-10,15H2,1H3,(H,28,30)/b27-16+. The quantitative estimate of drug-likeness (QED) is 0.356. The van der Waals surface area contributed by atoms with Gasteiger partial charge in [0.25, 0.3) is 15.9 Å². The highest BCUT2D eigenvalue weighted by molar-refractivity contribution is 7.92. The molecule has 1 heterocycles. The van der Waals surface area contributed by atoms with E-state index in [9.17, 15) is 13.2 Å². The van der Waals surface area contributed by atoms with E-state index in [1.165, 1.54) is 30.3 Å². The van der Waals surface area contributed by atoms with Crippen molar-refractivity contribution in [3.8, 4) is 11.5 Å². The summed E-state index contributed by atoms with van der Waals surface area (Å²) in [7, 11) is -4.11. The van der Waals surface area contributed by atoms with Gasteiger partial charge in [0.2, 0.25) is 0 Å². The number of hydrogen-bond donors (Lipinski definition) is 1. The maximum Gasteiger partial charge on any atom is 0.264 e. The van der Waals surface area contributed by atoms with E-state index in [0.717, 1.165) is 4.31 Å². The number of hydrogen-bond acceptors (Lipinski definition) is 6. The van der Waals surface area contributed by atoms with Gasteiger partial charge in [0.15, 0.2) is 11.5 Å². The molecule has 3 aromatic carbocycles. The minimum atomic E-state index is -4.11. The predicted molar refractivity (Wildman–Crippen MR) is 135 cm³/mol. The lowest BCUT2D eigenvalue weighted by atomic mass is 10.1. The molecule has 1 aliphatic heterocycles. The molecule has 0 atom stereocenters. The summed E-state index contributed by atoms with van der Waals surface area (Å²) in [6, 6.07) is 17.4. The van der Waals surface area contributed by atoms with E-state index in [4.69, 9.17) is 32.7 Å². The summed E-state index contributed by atoms with van der Waals surface area (Å²) in [5, 5.41) is 4.59. The summed E-state index contributed by atoms with van der Waals surface area (Å²) in [4.78, 5) is 12.8. The number of carbonyl (C=O) groups is 1. The molecule has 35 heavy (non-hydrogen) atoms. The van der Waals surface area contributed by atoms with Crippen LogP contribution in [0.4, 0.5) is 5.69 Å². The molecule has 0 unspecified atom stereocenters. The van der Waals surface area contributed by atoms with Crippen LogP contribution in [0.2, 0.25) is 10.0 Å². The van der Waals surface area contributed by atoms with Crippen molar-refractivity contribution < 1.29 is 22.7 Å². The van der Waals surface area contributed by atoms with Gasteiger partial charge in [-0.15, -0.1) is 0 Å². The summed E-state index contributed by atoms with van der Waals surface area (Å²) in [5.41, 5.74) is 3.78. The molecule has 1 aliphatic rings. The van der Waals surface area contributed by atoms with Crippen LogP contribution in [-0.4, -0.2) is 39.8 Å². The molecule has 0 radical (unpaired) electrons. The predicted octanol–water partition coefficient (Wildman–Crippen LogP) is 4.50. The highest BCUT2D eigenvalue weighted by Gasteiger charge is 2.27. The van der Waals surface area contributed by atoms with E-state index in [0.29, 0.717) is 36.0 Å². The highest BCUT2D eigenvalue weighted by atomic mass is 35.5. The molecule has 1 amide bonds. The first-order valence-corrected chi connectivity index (χ1v) is 12.7. The van der Waals surface area contributed by atoms with Crippen molar-refractivity contribution in [1.82, 2.24) is 5.43 Å². The molecule has 182 valence electrons. The van der Waals surface area contributed by atoms with Crippen molar-refractivity contribution in [2.45, 2.75) is 11.8 Å². The van der Waals surface area contributed by atoms with Gasteiger partial charge in [-0.05, 0) is 55.5 Å². The van der Waals surface area contributed by atoms with Crippen LogP contribution in [0.15, 0.2) is 76.7 Å². The first-order chi connectivity index (χ1) is 16.7. The monoisotopic (exact) mass is 533 g/mol. The molecule has 0 aliphatic carbocycles. The number of carbonyl (C=O) groups excluding carboxylic acids is 1. The molecule has 3 aromatic rings. The largest absolute Gasteiger partial charge is 0.486 e. The van der Waals surface area contributed by atoms with Gasteiger partial charge < -0.3 is 9.47 Å². The normalized spacial score (nSPS) is 13.3. The molecule has 1 N–H and O–H groups in total. The lowest BCUT2D eigenvalue weighted by Crippen LogP contribution is -2.39. The van der Waals surface area contributed by atoms with E-state index in [1.54, 1.807) is 43.3 Å². The van der Waals surface area contributed by atoms with Crippen LogP contribution in [0.1, 0.15) is 12.5 Å². The third-order valence-corrected chi connectivity index (χ3v) is 7.29. The number of sulfonamides is 1. The lowest BCUT2D eigenvalue weighted by molar-refractivity contribution is -0.119. The Kier molecular flexibility index (Phi) is 7.49. The number of rotatable bonds is 7. The minimum absolute atomic E-state index is 0.0138. The Morgan fingerprint density at radius 3 is 2.31 bits per heavy atom. The third-order valence-electron chi connectivity index (χ3n) is 5.06. The maximum absolute atomic E-state index is 13.4. The second-order valence-electron chi connectivity index (χ2n) is 7.54. The Bertz CT molecular complexity index is 1360. The minimum Gasteiger partial charge on any atom is -0.486 e. The van der Waals surface area contributed by atoms with E-state index < -0.39 is 22.5 Å². The van der Waals surface area contributed by atoms with Gasteiger partial charge in [0, 0.05) is 15.6 Å². The van der Waals surface area contributed by atoms with E-state index >= 15 is 0 Å². The molecular formula is C24H21Cl2N3O5S. The molecule has 0 saturated carbocycles. The number of benzene rings is 3. The molecular weight excluding hydrogens is 513 g/mol. The zero-order valence-electron chi connectivity index (χ0n) is 18.6. The van der Waals surface area contributed by atoms with Crippen LogP contribution in [0.5, 0.6) is 11.5 Å². The zero-order chi connectivity index (χ0) is 25.0. The second-order valence-corrected chi connectivity index (χ2v) is 10.3. The number of nitrogens with zero attached hydrogens (tertiary/aromatic N) is 2. The molecule has 0 aromatic heterocycles. The van der Waals surface area contributed by atoms with Crippen molar-refractivity contribution in [1.29, 1.82) is 0 Å². The van der Waals surface area contributed by atoms with Gasteiger partial charge in [-0.25, -0.2) is 13.8 Å². The summed E-state index contributed by atoms with van der Waals surface area (Å²) < 4.78 is 38.8. The summed E-state index contributed by atoms with van der Waals surface area (Å²) in [5.74, 6) is 0.573. The first kappa shape index (κ1) is 24.8. The number of amides is 1. The number of nitrogens with one attached hydrogen (secondary N) is 1. The lowest BCUT2D eigenvalue weighted by Gasteiger charge is -2.24. The van der Waals surface area contributed by atoms with Crippen molar-refractivity contribution in [2.24, 2.45) is 5.10 Å². The average molecular weight is 534 g/mol. The van der Waals surface area contributed by atoms with Crippen molar-refractivity contribution >= 4 is 50.5 Å². The SMILES string of the molecule is C/C(=N\NC(=O)CN(c1cc(Cl)cc(Cl)c1)S(=O)(=O)c1ccccc1)c1ccc2c(c1)OCCO2. The van der Waals surface area contributed by atoms with Crippen LogP contribution in [0.3, 0.4) is 0 Å². The van der Waals surface area contributed by atoms with Gasteiger partial charge in [-0.3, -0.25) is 9.10 Å². The molecule has 0 spiro atoms. The van der Waals surface area contributed by atoms with Crippen LogP contribution in [0, 0.1) is 0 Å². The summed E-state index contributed by atoms with van der Waals surface area (Å²) in [6.45, 7) is 2.09. The van der Waals surface area contributed by atoms with Gasteiger partial charge in [-0.1, -0.05) is 41.4 Å². The molecule has 0 fully saturated rings. The molecule has 8 nitrogen and oxygen atoms in total. The summed E-state index contributed by atoms with van der Waals surface area (Å²) >= 11 is 12.2. The number of anilines is 1. The smallest absolute Gasteiger partial charge is 0.264 e. The van der Waals surface area contributed by atoms with Crippen molar-refractivity contribution in [2.75, 3.05) is 24.1 Å². The van der Waals surface area contributed by atoms with Gasteiger partial charge in [-0.2, -0.15) is 5.10 Å². The van der Waals surface area contributed by atoms with Crippen LogP contribution in [-0.2, 0) is 14.8 Å². The fourth-order valence-electron chi connectivity index (χ4n) is 3.36. The molecule has 11 heteroatoms. The fourth-order valence-corrected chi connectivity index (χ4v) is 5.30. The zero-order valence-corrected chi connectivity index (χ0v) is 20.9. The fraction of sp³-hybridized carbons (Fsp3) is 0.167. The second kappa shape index (κ2) is 10.6. The molecule has 0 bridgehead atoms. The Morgan fingerprint density at radius 2 is 1.63 bits per heavy atom. The Hall–Kier alpha value is -3.27. The first-order valence-electron chi connectivity index (χ1n) is 10.5.